The maximum atomic E-state index is 14.2. The first-order valence-corrected chi connectivity index (χ1v) is 34.2. The summed E-state index contributed by atoms with van der Waals surface area (Å²) in [7, 11) is -4.48. The molecule has 0 aromatic heterocycles. The highest BCUT2D eigenvalue weighted by molar-refractivity contribution is 8.00. The minimum Gasteiger partial charge on any atom is -0.480 e. The predicted molar refractivity (Wildman–Crippen MR) is 365 cm³/mol. The molecule has 94 heavy (non-hydrogen) atoms. The number of carbonyl (C=O) groups is 8. The van der Waals surface area contributed by atoms with Crippen molar-refractivity contribution in [2.24, 2.45) is 61.2 Å². The average Bonchev–Trinajstić information content (AvgIpc) is 1.60. The number of hydrogen-bond acceptors (Lipinski definition) is 15. The van der Waals surface area contributed by atoms with Crippen molar-refractivity contribution in [1.29, 1.82) is 0 Å². The monoisotopic (exact) mass is 1340 g/mol. The highest BCUT2D eigenvalue weighted by Crippen LogP contribution is 2.48. The molecule has 1 fully saturated rings. The number of benzene rings is 2. The van der Waals surface area contributed by atoms with E-state index in [1.807, 2.05) is 38.2 Å². The number of guanidine groups is 3. The molecule has 1 unspecified atom stereocenters. The number of unbranched alkanes of at least 4 members (excludes halogenated alkanes) is 2. The molecule has 0 radical (unpaired) electrons. The summed E-state index contributed by atoms with van der Waals surface area (Å²) in [6, 6.07) is 8.40. The zero-order chi connectivity index (χ0) is 69.7. The van der Waals surface area contributed by atoms with Crippen molar-refractivity contribution < 1.29 is 61.0 Å². The Morgan fingerprint density at radius 3 is 1.95 bits per heavy atom. The lowest BCUT2D eigenvalue weighted by atomic mass is 9.81. The fourth-order valence-electron chi connectivity index (χ4n) is 11.9. The van der Waals surface area contributed by atoms with Crippen LogP contribution in [0.4, 0.5) is 11.4 Å². The van der Waals surface area contributed by atoms with Gasteiger partial charge in [0, 0.05) is 123 Å². The number of allylic oxidation sites excluding steroid dienone is 6. The standard InChI is InChI=1S/C65H95N15O12S2/c1-8-78-49-26-24-40(2)34-45(49)64(4,5)53(78)21-11-9-12-22-54-65(6,7)46-37-44(94(90,91)92)25-27-50(46)79(54)32-14-10-13-23-55(83)72-31-33-80-56(84)38-52(59(80)87)93-39-48(60(88)89)77-58(86)43(19-16-29-74-62(68)69)36-51(82)47(20-17-30-75-63(70)71)76-57(85)42(35-41(3)81)18-15-28-73-61(66)67/h9,11-12,21-22,24-27,34,37,42-43,47-48,52H,8,10,13-20,23,28-33,35-36,38-39H2,1-7H3,(H16-,66,67,68,69,70,71,72,73,74,75,76,77,83,85,86,88,89,90,91,92)/p+1/t42-,43-,47+,48+,52?/m0/s1. The van der Waals surface area contributed by atoms with E-state index in [9.17, 15) is 56.4 Å². The lowest BCUT2D eigenvalue weighted by Crippen LogP contribution is -2.48. The van der Waals surface area contributed by atoms with E-state index in [0.717, 1.165) is 40.2 Å². The number of aryl methyl sites for hydroxylation is 1. The summed E-state index contributed by atoms with van der Waals surface area (Å²) in [5, 5.41) is 17.3. The Balaban J connectivity index is 1.16. The van der Waals surface area contributed by atoms with Crippen LogP contribution in [0.3, 0.4) is 0 Å². The van der Waals surface area contributed by atoms with Crippen LogP contribution >= 0.6 is 11.8 Å². The molecule has 3 aliphatic rings. The first kappa shape index (κ1) is 76.3. The largest absolute Gasteiger partial charge is 0.480 e. The number of ketones is 2. The van der Waals surface area contributed by atoms with Crippen LogP contribution in [0.2, 0.25) is 0 Å². The van der Waals surface area contributed by atoms with Crippen LogP contribution in [0.5, 0.6) is 0 Å². The van der Waals surface area contributed by atoms with E-state index >= 15 is 0 Å². The second-order valence-electron chi connectivity index (χ2n) is 24.8. The molecule has 2 aromatic rings. The molecule has 0 spiro atoms. The molecule has 29 heteroatoms. The zero-order valence-electron chi connectivity index (χ0n) is 55.0. The summed E-state index contributed by atoms with van der Waals surface area (Å²) >= 11 is 0.863. The van der Waals surface area contributed by atoms with Crippen molar-refractivity contribution in [2.45, 2.75) is 165 Å². The van der Waals surface area contributed by atoms with Gasteiger partial charge in [-0.15, -0.1) is 11.8 Å². The molecule has 0 saturated carbocycles. The smallest absolute Gasteiger partial charge is 0.327 e. The molecule has 3 heterocycles. The Morgan fingerprint density at radius 2 is 1.36 bits per heavy atom. The molecule has 5 amide bonds. The molecule has 0 bridgehead atoms. The molecule has 3 aliphatic heterocycles. The highest BCUT2D eigenvalue weighted by atomic mass is 32.2. The lowest BCUT2D eigenvalue weighted by Gasteiger charge is -2.25. The van der Waals surface area contributed by atoms with Crippen molar-refractivity contribution in [3.05, 3.63) is 89.2 Å². The van der Waals surface area contributed by atoms with Crippen LogP contribution < -0.4 is 55.3 Å². The SMILES string of the molecule is CCN1C(=CC=CC=CC2=[N+](CCCCCC(=O)NCCN3C(=O)CC(SC[C@@H](NC(=O)[C@@H](CCCN=C(N)N)CC(=O)[C@@H](CCCN=C(N)N)NC(=O)[C@@H](CCCN=C(N)N)CC(C)=O)C(=O)O)C3=O)c3ccc(S(=O)(=O)O)cc3C2(C)C)C(C)(C)c2cc(C)ccc21. The number of carboxylic acids is 1. The van der Waals surface area contributed by atoms with E-state index < -0.39 is 86.5 Å². The minimum atomic E-state index is -4.48. The minimum absolute atomic E-state index is 0.00472. The Bertz CT molecular complexity index is 3460. The first-order valence-electron chi connectivity index (χ1n) is 31.7. The van der Waals surface area contributed by atoms with E-state index in [4.69, 9.17) is 34.4 Å². The van der Waals surface area contributed by atoms with E-state index in [1.54, 1.807) is 6.07 Å². The molecule has 17 N–H and O–H groups in total. The van der Waals surface area contributed by atoms with Gasteiger partial charge in [0.05, 0.1) is 21.6 Å². The number of rotatable bonds is 39. The summed E-state index contributed by atoms with van der Waals surface area (Å²) in [5.74, 6) is -8.00. The number of likely N-dealkylation sites (tertiary alicyclic amines) is 1. The number of nitrogens with one attached hydrogen (secondary N) is 3. The van der Waals surface area contributed by atoms with E-state index in [0.29, 0.717) is 32.2 Å². The Morgan fingerprint density at radius 1 is 0.755 bits per heavy atom. The van der Waals surface area contributed by atoms with Crippen LogP contribution in [-0.4, -0.2) is 167 Å². The van der Waals surface area contributed by atoms with Gasteiger partial charge in [-0.25, -0.2) is 4.79 Å². The maximum absolute atomic E-state index is 14.2. The predicted octanol–water partition coefficient (Wildman–Crippen LogP) is 3.35. The lowest BCUT2D eigenvalue weighted by molar-refractivity contribution is -0.438. The third-order valence-electron chi connectivity index (χ3n) is 16.9. The number of carbonyl (C=O) groups excluding carboxylic acids is 7. The third kappa shape index (κ3) is 21.8. The number of nitrogens with zero attached hydrogens (tertiary/aromatic N) is 6. The number of hydrogen-bond donors (Lipinski definition) is 11. The summed E-state index contributed by atoms with van der Waals surface area (Å²) in [4.78, 5) is 122. The number of amides is 5. The summed E-state index contributed by atoms with van der Waals surface area (Å²) in [6.45, 7) is 15.6. The number of anilines is 1. The number of fused-ring (bicyclic) bond motifs is 2. The van der Waals surface area contributed by atoms with E-state index in [2.05, 4.69) is 92.4 Å². The van der Waals surface area contributed by atoms with Crippen LogP contribution in [0.15, 0.2) is 92.3 Å². The number of Topliss-reactive ketones (excluding diaryl/α,β-unsaturated/α-hetero) is 2. The number of imide groups is 1. The molecule has 27 nitrogen and oxygen atoms in total. The Hall–Kier alpha value is -8.44. The van der Waals surface area contributed by atoms with Crippen molar-refractivity contribution >= 4 is 104 Å². The number of aliphatic carboxylic acids is 1. The van der Waals surface area contributed by atoms with Gasteiger partial charge in [0.15, 0.2) is 29.4 Å². The maximum Gasteiger partial charge on any atom is 0.327 e. The second-order valence-corrected chi connectivity index (χ2v) is 27.5. The van der Waals surface area contributed by atoms with Crippen LogP contribution in [0, 0.1) is 18.8 Å². The summed E-state index contributed by atoms with van der Waals surface area (Å²) in [5.41, 5.74) is 39.4. The Kier molecular flexibility index (Phi) is 28.5. The van der Waals surface area contributed by atoms with Crippen LogP contribution in [0.25, 0.3) is 0 Å². The van der Waals surface area contributed by atoms with Gasteiger partial charge in [0.25, 0.3) is 10.1 Å². The Labute approximate surface area is 555 Å². The van der Waals surface area contributed by atoms with Gasteiger partial charge < -0.3 is 65.2 Å². The van der Waals surface area contributed by atoms with Gasteiger partial charge in [0.2, 0.25) is 35.2 Å². The second kappa shape index (κ2) is 35.2. The number of aliphatic imine (C=N–C) groups is 3. The fraction of sp³-hybridized carbons (Fsp3) is 0.538. The zero-order valence-corrected chi connectivity index (χ0v) is 56.7. The number of carboxylic acid groups (broad SMARTS) is 1. The van der Waals surface area contributed by atoms with Gasteiger partial charge in [-0.2, -0.15) is 13.0 Å². The van der Waals surface area contributed by atoms with Crippen LogP contribution in [-0.2, 0) is 59.3 Å². The molecule has 5 atom stereocenters. The molecule has 1 saturated heterocycles. The highest BCUT2D eigenvalue weighted by Gasteiger charge is 2.45. The molecular weight excluding hydrogens is 1250 g/mol. The molecular formula is C65H96N15O12S2+. The van der Waals surface area contributed by atoms with Gasteiger partial charge in [-0.1, -0.05) is 49.8 Å². The van der Waals surface area contributed by atoms with E-state index in [-0.39, 0.29) is 130 Å². The van der Waals surface area contributed by atoms with Gasteiger partial charge in [-0.3, -0.25) is 53.2 Å². The number of thioether (sulfide) groups is 1. The van der Waals surface area contributed by atoms with Gasteiger partial charge in [-0.05, 0) is 116 Å². The molecule has 514 valence electrons. The van der Waals surface area contributed by atoms with Crippen molar-refractivity contribution in [3.8, 4) is 0 Å². The quantitative estimate of drug-likeness (QED) is 0.00869. The topological polar surface area (TPSA) is 450 Å². The summed E-state index contributed by atoms with van der Waals surface area (Å²) < 4.78 is 36.6. The molecule has 2 aromatic carbocycles. The fourth-order valence-corrected chi connectivity index (χ4v) is 13.6. The van der Waals surface area contributed by atoms with Crippen molar-refractivity contribution in [3.63, 3.8) is 0 Å². The van der Waals surface area contributed by atoms with Crippen molar-refractivity contribution in [1.82, 2.24) is 20.9 Å². The normalized spacial score (nSPS) is 17.4. The average molecular weight is 1340 g/mol. The van der Waals surface area contributed by atoms with E-state index in [1.165, 1.54) is 41.6 Å². The molecule has 5 rings (SSSR count). The third-order valence-corrected chi connectivity index (χ3v) is 19.0. The van der Waals surface area contributed by atoms with Crippen molar-refractivity contribution in [2.75, 3.05) is 56.5 Å². The summed E-state index contributed by atoms with van der Waals surface area (Å²) in [6.07, 6.45) is 12.3. The first-order chi connectivity index (χ1) is 44.3. The number of likely N-dealkylation sites (N-methyl/N-ethyl adjacent to an activating group) is 1. The van der Waals surface area contributed by atoms with Gasteiger partial charge >= 0.3 is 5.97 Å². The van der Waals surface area contributed by atoms with Crippen LogP contribution in [0.1, 0.15) is 142 Å². The molecule has 0 aliphatic carbocycles. The van der Waals surface area contributed by atoms with Gasteiger partial charge in [0.1, 0.15) is 18.4 Å². The number of nitrogens with two attached hydrogens (primary N) is 6.